The van der Waals surface area contributed by atoms with Crippen molar-refractivity contribution in [2.24, 2.45) is 0 Å². The molecule has 55 heavy (non-hydrogen) atoms. The Kier molecular flexibility index (Phi) is 39.4. The standard InChI is InChI=1S/C46H86N2O7/c1-3-5-7-9-11-13-15-17-18-19-21-23-25-30-34-38-45(52)55-41(35-31-27-24-22-20-16-14-12-10-8-6-4-2)36-32-28-26-29-33-37-43(50)47-39-44(51)48-42(40-49)46(53)54/h17-18,41-42,49H,3-16,19-40H2,1-2H3,(H,47,50)(H,48,51)(H,53,54)/b18-17-. The molecular weight excluding hydrogens is 693 g/mol. The largest absolute Gasteiger partial charge is 0.480 e. The molecule has 0 saturated heterocycles. The Balaban J connectivity index is 4.29. The normalized spacial score (nSPS) is 12.5. The maximum atomic E-state index is 12.8. The predicted octanol–water partition coefficient (Wildman–Crippen LogP) is 11.4. The minimum Gasteiger partial charge on any atom is -0.480 e. The van der Waals surface area contributed by atoms with Crippen LogP contribution in [0.15, 0.2) is 12.2 Å². The number of amides is 2. The lowest BCUT2D eigenvalue weighted by molar-refractivity contribution is -0.150. The summed E-state index contributed by atoms with van der Waals surface area (Å²) in [6.07, 6.45) is 43.8. The maximum Gasteiger partial charge on any atom is 0.328 e. The lowest BCUT2D eigenvalue weighted by Crippen LogP contribution is -2.47. The van der Waals surface area contributed by atoms with E-state index in [9.17, 15) is 19.2 Å². The Bertz CT molecular complexity index is 941. The summed E-state index contributed by atoms with van der Waals surface area (Å²) in [5, 5.41) is 22.6. The van der Waals surface area contributed by atoms with Gasteiger partial charge in [-0.1, -0.05) is 167 Å². The van der Waals surface area contributed by atoms with Gasteiger partial charge >= 0.3 is 11.9 Å². The summed E-state index contributed by atoms with van der Waals surface area (Å²) in [6, 6.07) is -1.38. The molecule has 322 valence electrons. The van der Waals surface area contributed by atoms with Gasteiger partial charge in [0, 0.05) is 12.8 Å². The van der Waals surface area contributed by atoms with Gasteiger partial charge in [0.2, 0.25) is 11.8 Å². The first-order valence-corrected chi connectivity index (χ1v) is 23.1. The van der Waals surface area contributed by atoms with E-state index in [1.807, 2.05) is 0 Å². The van der Waals surface area contributed by atoms with Crippen molar-refractivity contribution in [2.75, 3.05) is 13.2 Å². The maximum absolute atomic E-state index is 12.8. The Morgan fingerprint density at radius 1 is 0.527 bits per heavy atom. The molecule has 0 saturated carbocycles. The van der Waals surface area contributed by atoms with E-state index in [0.717, 1.165) is 57.8 Å². The smallest absolute Gasteiger partial charge is 0.328 e. The highest BCUT2D eigenvalue weighted by Gasteiger charge is 2.19. The summed E-state index contributed by atoms with van der Waals surface area (Å²) in [5.41, 5.74) is 0. The molecule has 0 spiro atoms. The lowest BCUT2D eigenvalue weighted by Gasteiger charge is -2.18. The van der Waals surface area contributed by atoms with Gasteiger partial charge in [-0.15, -0.1) is 0 Å². The van der Waals surface area contributed by atoms with Crippen LogP contribution in [-0.4, -0.2) is 59.3 Å². The Morgan fingerprint density at radius 2 is 0.927 bits per heavy atom. The molecule has 2 unspecified atom stereocenters. The van der Waals surface area contributed by atoms with Crippen LogP contribution in [0.4, 0.5) is 0 Å². The van der Waals surface area contributed by atoms with E-state index in [4.69, 9.17) is 14.9 Å². The molecule has 0 fully saturated rings. The van der Waals surface area contributed by atoms with E-state index >= 15 is 0 Å². The van der Waals surface area contributed by atoms with Gasteiger partial charge in [0.05, 0.1) is 13.2 Å². The third-order valence-electron chi connectivity index (χ3n) is 10.5. The van der Waals surface area contributed by atoms with Gasteiger partial charge in [0.25, 0.3) is 0 Å². The molecule has 4 N–H and O–H groups in total. The molecule has 0 radical (unpaired) electrons. The molecule has 2 atom stereocenters. The zero-order valence-electron chi connectivity index (χ0n) is 35.7. The van der Waals surface area contributed by atoms with Crippen LogP contribution in [0.2, 0.25) is 0 Å². The molecule has 2 amide bonds. The van der Waals surface area contributed by atoms with Crippen LogP contribution in [0.1, 0.15) is 232 Å². The van der Waals surface area contributed by atoms with E-state index in [1.165, 1.54) is 141 Å². The first kappa shape index (κ1) is 52.6. The number of carboxylic acid groups (broad SMARTS) is 1. The number of hydrogen-bond donors (Lipinski definition) is 4. The first-order valence-electron chi connectivity index (χ1n) is 23.1. The molecule has 9 heteroatoms. The van der Waals surface area contributed by atoms with Gasteiger partial charge in [-0.2, -0.15) is 0 Å². The monoisotopic (exact) mass is 779 g/mol. The molecule has 0 rings (SSSR count). The quantitative estimate of drug-likeness (QED) is 0.0274. The number of allylic oxidation sites excluding steroid dienone is 2. The van der Waals surface area contributed by atoms with Gasteiger partial charge in [0.15, 0.2) is 0 Å². The zero-order chi connectivity index (χ0) is 40.5. The fourth-order valence-corrected chi connectivity index (χ4v) is 6.95. The van der Waals surface area contributed by atoms with Crippen molar-refractivity contribution in [2.45, 2.75) is 244 Å². The third-order valence-corrected chi connectivity index (χ3v) is 10.5. The van der Waals surface area contributed by atoms with Crippen molar-refractivity contribution < 1.29 is 34.1 Å². The highest BCUT2D eigenvalue weighted by atomic mass is 16.5. The SMILES string of the molecule is CCCCCCCC/C=C\CCCCCCCC(=O)OC(CCCCCCCCCCCCCC)CCCCCCCC(=O)NCC(=O)NC(CO)C(=O)O. The Morgan fingerprint density at radius 3 is 1.36 bits per heavy atom. The number of ether oxygens (including phenoxy) is 1. The fourth-order valence-electron chi connectivity index (χ4n) is 6.95. The summed E-state index contributed by atoms with van der Waals surface area (Å²) in [6.45, 7) is 3.50. The molecule has 0 aliphatic rings. The summed E-state index contributed by atoms with van der Waals surface area (Å²) in [4.78, 5) is 47.6. The van der Waals surface area contributed by atoms with E-state index < -0.39 is 24.5 Å². The first-order chi connectivity index (χ1) is 26.8. The highest BCUT2D eigenvalue weighted by Crippen LogP contribution is 2.19. The number of nitrogens with one attached hydrogen (secondary N) is 2. The number of hydrogen-bond acceptors (Lipinski definition) is 6. The average molecular weight is 779 g/mol. The van der Waals surface area contributed by atoms with Gasteiger partial charge in [-0.05, 0) is 64.2 Å². The molecule has 0 heterocycles. The number of esters is 1. The second kappa shape index (κ2) is 41.2. The minimum absolute atomic E-state index is 0.0118. The zero-order valence-corrected chi connectivity index (χ0v) is 35.7. The third kappa shape index (κ3) is 38.2. The molecule has 0 aromatic heterocycles. The molecular formula is C46H86N2O7. The minimum atomic E-state index is -1.38. The summed E-state index contributed by atoms with van der Waals surface area (Å²) >= 11 is 0. The predicted molar refractivity (Wildman–Crippen MR) is 227 cm³/mol. The van der Waals surface area contributed by atoms with Crippen LogP contribution >= 0.6 is 0 Å². The molecule has 0 aromatic carbocycles. The number of unbranched alkanes of at least 4 members (excludes halogenated alkanes) is 26. The van der Waals surface area contributed by atoms with Crippen molar-refractivity contribution in [1.82, 2.24) is 10.6 Å². The number of aliphatic hydroxyl groups excluding tert-OH is 1. The molecule has 9 nitrogen and oxygen atoms in total. The van der Waals surface area contributed by atoms with Gasteiger partial charge < -0.3 is 25.6 Å². The summed E-state index contributed by atoms with van der Waals surface area (Å²) in [5.74, 6) is -2.28. The van der Waals surface area contributed by atoms with Crippen molar-refractivity contribution in [1.29, 1.82) is 0 Å². The number of aliphatic hydroxyl groups is 1. The van der Waals surface area contributed by atoms with Crippen LogP contribution < -0.4 is 10.6 Å². The number of carboxylic acids is 1. The van der Waals surface area contributed by atoms with Crippen LogP contribution in [0.5, 0.6) is 0 Å². The lowest BCUT2D eigenvalue weighted by atomic mass is 10.0. The number of carbonyl (C=O) groups is 4. The van der Waals surface area contributed by atoms with Crippen molar-refractivity contribution in [3.05, 3.63) is 12.2 Å². The Hall–Kier alpha value is -2.42. The van der Waals surface area contributed by atoms with Gasteiger partial charge in [-0.25, -0.2) is 4.79 Å². The van der Waals surface area contributed by atoms with Gasteiger partial charge in [0.1, 0.15) is 12.1 Å². The summed E-state index contributed by atoms with van der Waals surface area (Å²) in [7, 11) is 0. The molecule has 0 bridgehead atoms. The van der Waals surface area contributed by atoms with E-state index in [1.54, 1.807) is 0 Å². The van der Waals surface area contributed by atoms with E-state index in [0.29, 0.717) is 19.3 Å². The van der Waals surface area contributed by atoms with E-state index in [-0.39, 0.29) is 24.5 Å². The van der Waals surface area contributed by atoms with Gasteiger partial charge in [-0.3, -0.25) is 14.4 Å². The second-order valence-electron chi connectivity index (χ2n) is 15.8. The van der Waals surface area contributed by atoms with Crippen molar-refractivity contribution in [3.63, 3.8) is 0 Å². The van der Waals surface area contributed by atoms with Crippen LogP contribution in [0.3, 0.4) is 0 Å². The fraction of sp³-hybridized carbons (Fsp3) is 0.870. The number of carbonyl (C=O) groups excluding carboxylic acids is 3. The topological polar surface area (TPSA) is 142 Å². The molecule has 0 aliphatic heterocycles. The van der Waals surface area contributed by atoms with Crippen molar-refractivity contribution >= 4 is 23.8 Å². The molecule has 0 aromatic rings. The van der Waals surface area contributed by atoms with Crippen molar-refractivity contribution in [3.8, 4) is 0 Å². The van der Waals surface area contributed by atoms with Crippen LogP contribution in [-0.2, 0) is 23.9 Å². The highest BCUT2D eigenvalue weighted by molar-refractivity contribution is 5.87. The summed E-state index contributed by atoms with van der Waals surface area (Å²) < 4.78 is 6.04. The van der Waals surface area contributed by atoms with Crippen LogP contribution in [0, 0.1) is 0 Å². The number of rotatable bonds is 42. The number of aliphatic carboxylic acids is 1. The Labute approximate surface area is 337 Å². The van der Waals surface area contributed by atoms with E-state index in [2.05, 4.69) is 36.6 Å². The second-order valence-corrected chi connectivity index (χ2v) is 15.8. The molecule has 0 aliphatic carbocycles. The average Bonchev–Trinajstić information content (AvgIpc) is 3.17. The van der Waals surface area contributed by atoms with Crippen LogP contribution in [0.25, 0.3) is 0 Å².